The lowest BCUT2D eigenvalue weighted by Crippen LogP contribution is -2.09. The number of hydrogen-bond acceptors (Lipinski definition) is 6. The van der Waals surface area contributed by atoms with Crippen LogP contribution in [0.15, 0.2) is 128 Å². The maximum absolute atomic E-state index is 12.3. The zero-order valence-corrected chi connectivity index (χ0v) is 24.9. The molecule has 4 rings (SSSR count). The van der Waals surface area contributed by atoms with Crippen molar-refractivity contribution in [2.24, 2.45) is 0 Å². The van der Waals surface area contributed by atoms with E-state index in [1.807, 2.05) is 24.3 Å². The van der Waals surface area contributed by atoms with E-state index in [4.69, 9.17) is 14.2 Å². The Morgan fingerprint density at radius 2 is 0.913 bits per heavy atom. The van der Waals surface area contributed by atoms with Crippen molar-refractivity contribution >= 4 is 17.9 Å². The monoisotopic (exact) mass is 602 g/mol. The van der Waals surface area contributed by atoms with Crippen molar-refractivity contribution in [2.45, 2.75) is 6.92 Å². The van der Waals surface area contributed by atoms with E-state index in [1.54, 1.807) is 73.7 Å². The van der Waals surface area contributed by atoms with Crippen LogP contribution in [-0.4, -0.2) is 17.9 Å². The SMILES string of the molecule is C=CC(=O)Oc1ccc(C#Cc2ccc(C#Cc3ccc(C#Cc4ccc(OC(=O)C=C)cc4)c(OC(=O)C(=C)C)c3)cc2)cc1. The lowest BCUT2D eigenvalue weighted by Gasteiger charge is -2.07. The summed E-state index contributed by atoms with van der Waals surface area (Å²) in [6.07, 6.45) is 2.19. The van der Waals surface area contributed by atoms with Crippen LogP contribution in [0.3, 0.4) is 0 Å². The molecule has 0 fully saturated rings. The van der Waals surface area contributed by atoms with Crippen LogP contribution in [-0.2, 0) is 14.4 Å². The molecule has 46 heavy (non-hydrogen) atoms. The van der Waals surface area contributed by atoms with Gasteiger partial charge in [0.25, 0.3) is 0 Å². The molecule has 0 heterocycles. The third-order valence-electron chi connectivity index (χ3n) is 5.94. The molecule has 0 atom stereocenters. The molecule has 0 unspecified atom stereocenters. The first-order valence-corrected chi connectivity index (χ1v) is 13.8. The van der Waals surface area contributed by atoms with Gasteiger partial charge in [-0.05, 0) is 97.9 Å². The van der Waals surface area contributed by atoms with Crippen LogP contribution in [0.2, 0.25) is 0 Å². The topological polar surface area (TPSA) is 78.9 Å². The highest BCUT2D eigenvalue weighted by Gasteiger charge is 2.10. The van der Waals surface area contributed by atoms with Crippen LogP contribution in [0.1, 0.15) is 40.3 Å². The first kappa shape index (κ1) is 32.1. The van der Waals surface area contributed by atoms with Crippen molar-refractivity contribution in [1.29, 1.82) is 0 Å². The number of rotatable bonds is 6. The van der Waals surface area contributed by atoms with Crippen LogP contribution in [0.25, 0.3) is 0 Å². The van der Waals surface area contributed by atoms with Gasteiger partial charge in [0.2, 0.25) is 0 Å². The van der Waals surface area contributed by atoms with Gasteiger partial charge in [0, 0.05) is 45.5 Å². The summed E-state index contributed by atoms with van der Waals surface area (Å²) in [4.78, 5) is 35.0. The van der Waals surface area contributed by atoms with Gasteiger partial charge in [-0.2, -0.15) is 0 Å². The van der Waals surface area contributed by atoms with Gasteiger partial charge in [-0.3, -0.25) is 0 Å². The predicted octanol–water partition coefficient (Wildman–Crippen LogP) is 6.55. The summed E-state index contributed by atoms with van der Waals surface area (Å²) < 4.78 is 15.7. The van der Waals surface area contributed by atoms with Crippen molar-refractivity contribution in [3.8, 4) is 52.8 Å². The zero-order valence-electron chi connectivity index (χ0n) is 24.9. The minimum absolute atomic E-state index is 0.245. The minimum Gasteiger partial charge on any atom is -0.423 e. The van der Waals surface area contributed by atoms with Gasteiger partial charge in [-0.1, -0.05) is 55.3 Å². The van der Waals surface area contributed by atoms with Gasteiger partial charge in [-0.15, -0.1) is 0 Å². The molecule has 0 saturated heterocycles. The zero-order chi connectivity index (χ0) is 32.9. The van der Waals surface area contributed by atoms with Crippen LogP contribution in [0.5, 0.6) is 17.2 Å². The lowest BCUT2D eigenvalue weighted by molar-refractivity contribution is -0.130. The molecule has 0 aliphatic heterocycles. The molecule has 0 N–H and O–H groups in total. The van der Waals surface area contributed by atoms with Crippen LogP contribution in [0.4, 0.5) is 0 Å². The summed E-state index contributed by atoms with van der Waals surface area (Å²) in [5.74, 6) is 17.8. The Morgan fingerprint density at radius 1 is 0.543 bits per heavy atom. The van der Waals surface area contributed by atoms with E-state index in [0.717, 1.165) is 28.8 Å². The summed E-state index contributed by atoms with van der Waals surface area (Å²) in [6.45, 7) is 12.0. The Morgan fingerprint density at radius 3 is 1.33 bits per heavy atom. The average molecular weight is 603 g/mol. The van der Waals surface area contributed by atoms with Gasteiger partial charge in [-0.25, -0.2) is 14.4 Å². The summed E-state index contributed by atoms with van der Waals surface area (Å²) in [6, 6.07) is 26.1. The van der Waals surface area contributed by atoms with E-state index < -0.39 is 17.9 Å². The van der Waals surface area contributed by atoms with Crippen molar-refractivity contribution in [2.75, 3.05) is 0 Å². The number of carbonyl (C=O) groups is 3. The fraction of sp³-hybridized carbons (Fsp3) is 0.0250. The van der Waals surface area contributed by atoms with E-state index >= 15 is 0 Å². The maximum Gasteiger partial charge on any atom is 0.338 e. The molecule has 0 bridgehead atoms. The molecule has 0 saturated carbocycles. The van der Waals surface area contributed by atoms with Gasteiger partial charge in [0.15, 0.2) is 0 Å². The third-order valence-corrected chi connectivity index (χ3v) is 5.94. The second-order valence-electron chi connectivity index (χ2n) is 9.51. The maximum atomic E-state index is 12.3. The smallest absolute Gasteiger partial charge is 0.338 e. The predicted molar refractivity (Wildman–Crippen MR) is 176 cm³/mol. The molecule has 0 spiro atoms. The number of ether oxygens (including phenoxy) is 3. The fourth-order valence-electron chi connectivity index (χ4n) is 3.57. The minimum atomic E-state index is -0.578. The number of esters is 3. The van der Waals surface area contributed by atoms with Crippen LogP contribution in [0, 0.1) is 35.5 Å². The molecule has 0 radical (unpaired) electrons. The first-order chi connectivity index (χ1) is 22.2. The highest BCUT2D eigenvalue weighted by molar-refractivity contribution is 5.89. The lowest BCUT2D eigenvalue weighted by atomic mass is 10.1. The summed E-state index contributed by atoms with van der Waals surface area (Å²) in [7, 11) is 0. The molecule has 6 heteroatoms. The Bertz CT molecular complexity index is 2010. The van der Waals surface area contributed by atoms with Crippen molar-refractivity contribution in [3.05, 3.63) is 162 Å². The van der Waals surface area contributed by atoms with Gasteiger partial charge >= 0.3 is 17.9 Å². The molecule has 0 aliphatic carbocycles. The standard InChI is InChI=1S/C40H26O6/c1-5-38(41)44-35-23-17-31(18-24-35)12-11-29-7-9-30(10-8-29)13-14-33-16-22-34(37(27-33)46-40(43)28(3)4)21-15-32-19-25-36(26-20-32)45-39(42)6-2/h5-10,16-20,22-27H,1-3H2,4H3. The fourth-order valence-corrected chi connectivity index (χ4v) is 3.57. The Kier molecular flexibility index (Phi) is 10.9. The number of hydrogen-bond donors (Lipinski definition) is 0. The molecule has 0 amide bonds. The third kappa shape index (κ3) is 9.61. The molecule has 222 valence electrons. The number of benzene rings is 4. The number of carbonyl (C=O) groups excluding carboxylic acids is 3. The van der Waals surface area contributed by atoms with E-state index in [1.165, 1.54) is 0 Å². The highest BCUT2D eigenvalue weighted by Crippen LogP contribution is 2.21. The summed E-state index contributed by atoms with van der Waals surface area (Å²) in [5, 5.41) is 0. The molecule has 6 nitrogen and oxygen atoms in total. The molecule has 0 aromatic heterocycles. The Balaban J connectivity index is 1.49. The van der Waals surface area contributed by atoms with Crippen LogP contribution >= 0.6 is 0 Å². The normalized spacial score (nSPS) is 9.41. The van der Waals surface area contributed by atoms with Gasteiger partial charge in [0.1, 0.15) is 17.2 Å². The quantitative estimate of drug-likeness (QED) is 0.108. The van der Waals surface area contributed by atoms with Crippen molar-refractivity contribution < 1.29 is 28.6 Å². The second-order valence-corrected chi connectivity index (χ2v) is 9.51. The summed E-state index contributed by atoms with van der Waals surface area (Å²) in [5.41, 5.74) is 4.35. The Hall–Kier alpha value is -6.81. The largest absolute Gasteiger partial charge is 0.423 e. The van der Waals surface area contributed by atoms with Crippen molar-refractivity contribution in [3.63, 3.8) is 0 Å². The van der Waals surface area contributed by atoms with Gasteiger partial charge in [0.05, 0.1) is 5.56 Å². The molecule has 4 aromatic carbocycles. The first-order valence-electron chi connectivity index (χ1n) is 13.8. The van der Waals surface area contributed by atoms with E-state index in [2.05, 4.69) is 55.3 Å². The molecular formula is C40H26O6. The highest BCUT2D eigenvalue weighted by atomic mass is 16.5. The van der Waals surface area contributed by atoms with Crippen LogP contribution < -0.4 is 14.2 Å². The van der Waals surface area contributed by atoms with Crippen molar-refractivity contribution in [1.82, 2.24) is 0 Å². The Labute approximate surface area is 267 Å². The molecule has 4 aromatic rings. The molecule has 0 aliphatic rings. The summed E-state index contributed by atoms with van der Waals surface area (Å²) >= 11 is 0. The van der Waals surface area contributed by atoms with E-state index in [9.17, 15) is 14.4 Å². The molecular weight excluding hydrogens is 576 g/mol. The van der Waals surface area contributed by atoms with E-state index in [0.29, 0.717) is 28.2 Å². The van der Waals surface area contributed by atoms with Gasteiger partial charge < -0.3 is 14.2 Å². The van der Waals surface area contributed by atoms with E-state index in [-0.39, 0.29) is 11.3 Å². The average Bonchev–Trinajstić information content (AvgIpc) is 3.07. The second kappa shape index (κ2) is 15.6.